The van der Waals surface area contributed by atoms with Crippen LogP contribution in [-0.2, 0) is 44.4 Å². The molecule has 2 aliphatic heterocycles. The molecule has 2 saturated heterocycles. The van der Waals surface area contributed by atoms with Gasteiger partial charge in [-0.15, -0.1) is 0 Å². The van der Waals surface area contributed by atoms with Crippen molar-refractivity contribution >= 4 is 0 Å². The Morgan fingerprint density at radius 2 is 0.652 bits per heavy atom. The molecule has 0 aromatic heterocycles. The third-order valence-electron chi connectivity index (χ3n) is 8.57. The second kappa shape index (κ2) is 15.0. The number of benzene rings is 4. The van der Waals surface area contributed by atoms with Gasteiger partial charge in [0, 0.05) is 0 Å². The fraction of sp³-hybridized carbons (Fsp3) is 0.385. The lowest BCUT2D eigenvalue weighted by molar-refractivity contribution is -0.183. The molecule has 2 fully saturated rings. The average Bonchev–Trinajstić information content (AvgIpc) is 3.43. The van der Waals surface area contributed by atoms with Crippen molar-refractivity contribution in [1.29, 1.82) is 0 Å². The Morgan fingerprint density at radius 1 is 0.391 bits per heavy atom. The summed E-state index contributed by atoms with van der Waals surface area (Å²) in [5.74, 6) is -0.975. The molecule has 0 N–H and O–H groups in total. The predicted molar refractivity (Wildman–Crippen MR) is 176 cm³/mol. The van der Waals surface area contributed by atoms with E-state index in [4.69, 9.17) is 33.2 Å². The first-order valence-corrected chi connectivity index (χ1v) is 16.2. The van der Waals surface area contributed by atoms with E-state index in [1.807, 2.05) is 86.6 Å². The number of ether oxygens (including phenoxy) is 7. The molecular weight excluding hydrogens is 580 g/mol. The minimum atomic E-state index is -1.11. The standard InChI is InChI=1S/C39H44O7/c1-37(2)45-35-36(46-37)39(33-19-11-5-12-20-33,34-21-13-6-14-22-34)44-30-28-42-26-24-40-23-25-41-27-29-43-38(35,31-15-7-3-8-16-31)32-17-9-4-10-18-32/h3-22,35-36H,23-30H2,1-2H3/t35-,36-/m0/s1. The number of rotatable bonds is 4. The Morgan fingerprint density at radius 3 is 0.935 bits per heavy atom. The number of hydrogen-bond donors (Lipinski definition) is 0. The number of hydrogen-bond acceptors (Lipinski definition) is 7. The Labute approximate surface area is 272 Å². The van der Waals surface area contributed by atoms with Gasteiger partial charge < -0.3 is 33.2 Å². The van der Waals surface area contributed by atoms with E-state index in [9.17, 15) is 0 Å². The average molecular weight is 625 g/mol. The first kappa shape index (κ1) is 32.5. The molecule has 242 valence electrons. The van der Waals surface area contributed by atoms with Gasteiger partial charge in [-0.3, -0.25) is 0 Å². The van der Waals surface area contributed by atoms with E-state index in [2.05, 4.69) is 48.5 Å². The van der Waals surface area contributed by atoms with Crippen molar-refractivity contribution in [2.75, 3.05) is 52.9 Å². The molecule has 0 amide bonds. The Balaban J connectivity index is 1.60. The predicted octanol–water partition coefficient (Wildman–Crippen LogP) is 6.49. The van der Waals surface area contributed by atoms with E-state index in [1.54, 1.807) is 0 Å². The van der Waals surface area contributed by atoms with Crippen LogP contribution in [0.15, 0.2) is 121 Å². The molecule has 2 aliphatic rings. The largest absolute Gasteiger partial charge is 0.377 e. The lowest BCUT2D eigenvalue weighted by atomic mass is 9.71. The molecule has 0 unspecified atom stereocenters. The molecule has 2 heterocycles. The van der Waals surface area contributed by atoms with Gasteiger partial charge in [0.1, 0.15) is 23.4 Å². The van der Waals surface area contributed by atoms with E-state index in [0.717, 1.165) is 22.3 Å². The fourth-order valence-electron chi connectivity index (χ4n) is 6.65. The second-order valence-corrected chi connectivity index (χ2v) is 11.9. The Kier molecular flexibility index (Phi) is 10.6. The van der Waals surface area contributed by atoms with Crippen molar-refractivity contribution in [1.82, 2.24) is 0 Å². The van der Waals surface area contributed by atoms with Gasteiger partial charge in [-0.25, -0.2) is 0 Å². The monoisotopic (exact) mass is 624 g/mol. The molecule has 0 aliphatic carbocycles. The maximum absolute atomic E-state index is 7.15. The van der Waals surface area contributed by atoms with Crippen LogP contribution in [0.4, 0.5) is 0 Å². The van der Waals surface area contributed by atoms with Crippen LogP contribution >= 0.6 is 0 Å². The van der Waals surface area contributed by atoms with Crippen LogP contribution < -0.4 is 0 Å². The van der Waals surface area contributed by atoms with Gasteiger partial charge in [0.15, 0.2) is 5.79 Å². The molecule has 0 saturated carbocycles. The maximum Gasteiger partial charge on any atom is 0.164 e. The highest BCUT2D eigenvalue weighted by molar-refractivity contribution is 5.44. The highest BCUT2D eigenvalue weighted by Gasteiger charge is 2.63. The quantitative estimate of drug-likeness (QED) is 0.257. The van der Waals surface area contributed by atoms with Gasteiger partial charge in [-0.05, 0) is 36.1 Å². The normalized spacial score (nSPS) is 24.0. The summed E-state index contributed by atoms with van der Waals surface area (Å²) >= 11 is 0. The Bertz CT molecular complexity index is 1270. The molecule has 0 spiro atoms. The molecule has 4 aromatic carbocycles. The lowest BCUT2D eigenvalue weighted by Gasteiger charge is -2.47. The molecule has 46 heavy (non-hydrogen) atoms. The van der Waals surface area contributed by atoms with E-state index in [-0.39, 0.29) is 0 Å². The lowest BCUT2D eigenvalue weighted by Crippen LogP contribution is -2.57. The first-order chi connectivity index (χ1) is 22.6. The topological polar surface area (TPSA) is 64.6 Å². The van der Waals surface area contributed by atoms with Gasteiger partial charge in [-0.1, -0.05) is 121 Å². The van der Waals surface area contributed by atoms with Gasteiger partial charge in [0.2, 0.25) is 0 Å². The van der Waals surface area contributed by atoms with E-state index < -0.39 is 29.2 Å². The zero-order chi connectivity index (χ0) is 31.7. The Hall–Kier alpha value is -3.40. The molecule has 2 atom stereocenters. The van der Waals surface area contributed by atoms with Crippen LogP contribution in [0, 0.1) is 0 Å². The van der Waals surface area contributed by atoms with Crippen molar-refractivity contribution < 1.29 is 33.2 Å². The molecule has 4 aromatic rings. The van der Waals surface area contributed by atoms with E-state index in [0.29, 0.717) is 52.9 Å². The van der Waals surface area contributed by atoms with E-state index in [1.165, 1.54) is 0 Å². The summed E-state index contributed by atoms with van der Waals surface area (Å²) < 4.78 is 46.1. The van der Waals surface area contributed by atoms with Gasteiger partial charge in [-0.2, -0.15) is 0 Å². The van der Waals surface area contributed by atoms with Crippen LogP contribution in [0.2, 0.25) is 0 Å². The second-order valence-electron chi connectivity index (χ2n) is 11.9. The molecular formula is C39H44O7. The minimum absolute atomic E-state index is 0.310. The fourth-order valence-corrected chi connectivity index (χ4v) is 6.65. The molecule has 7 heteroatoms. The molecule has 0 radical (unpaired) electrons. The van der Waals surface area contributed by atoms with Crippen LogP contribution in [-0.4, -0.2) is 70.9 Å². The SMILES string of the molecule is CC1(C)O[C@H]2[C@H](O1)C(c1ccccc1)(c1ccccc1)OCCOCCOCCOCCOC2(c1ccccc1)c1ccccc1. The van der Waals surface area contributed by atoms with Gasteiger partial charge >= 0.3 is 0 Å². The van der Waals surface area contributed by atoms with Crippen molar-refractivity contribution in [3.05, 3.63) is 144 Å². The third kappa shape index (κ3) is 6.82. The summed E-state index contributed by atoms with van der Waals surface area (Å²) in [6, 6.07) is 41.1. The highest BCUT2D eigenvalue weighted by atomic mass is 16.8. The van der Waals surface area contributed by atoms with Gasteiger partial charge in [0.05, 0.1) is 52.9 Å². The smallest absolute Gasteiger partial charge is 0.164 e. The first-order valence-electron chi connectivity index (χ1n) is 16.2. The zero-order valence-electron chi connectivity index (χ0n) is 26.7. The van der Waals surface area contributed by atoms with Crippen LogP contribution in [0.3, 0.4) is 0 Å². The van der Waals surface area contributed by atoms with Crippen LogP contribution in [0.5, 0.6) is 0 Å². The van der Waals surface area contributed by atoms with Crippen LogP contribution in [0.25, 0.3) is 0 Å². The summed E-state index contributed by atoms with van der Waals surface area (Å²) in [5.41, 5.74) is 1.55. The zero-order valence-corrected chi connectivity index (χ0v) is 26.7. The third-order valence-corrected chi connectivity index (χ3v) is 8.57. The maximum atomic E-state index is 7.15. The van der Waals surface area contributed by atoms with Crippen molar-refractivity contribution in [3.63, 3.8) is 0 Å². The van der Waals surface area contributed by atoms with Crippen molar-refractivity contribution in [2.45, 2.75) is 43.0 Å². The highest BCUT2D eigenvalue weighted by Crippen LogP contribution is 2.53. The summed E-state index contributed by atoms with van der Waals surface area (Å²) in [6.07, 6.45) is -1.35. The minimum Gasteiger partial charge on any atom is -0.377 e. The molecule has 0 bridgehead atoms. The van der Waals surface area contributed by atoms with Crippen LogP contribution in [0.1, 0.15) is 36.1 Å². The summed E-state index contributed by atoms with van der Waals surface area (Å²) in [5, 5.41) is 0. The molecule has 6 rings (SSSR count). The van der Waals surface area contributed by atoms with Crippen molar-refractivity contribution in [2.24, 2.45) is 0 Å². The van der Waals surface area contributed by atoms with Crippen molar-refractivity contribution in [3.8, 4) is 0 Å². The summed E-state index contributed by atoms with van der Waals surface area (Å²) in [7, 11) is 0. The summed E-state index contributed by atoms with van der Waals surface area (Å²) in [6.45, 7) is 7.16. The number of fused-ring (bicyclic) bond motifs is 1. The van der Waals surface area contributed by atoms with E-state index >= 15 is 0 Å². The molecule has 7 nitrogen and oxygen atoms in total. The van der Waals surface area contributed by atoms with Gasteiger partial charge in [0.25, 0.3) is 0 Å². The summed E-state index contributed by atoms with van der Waals surface area (Å²) in [4.78, 5) is 0.